The molecule has 0 heterocycles. The minimum Gasteiger partial charge on any atom is -0.299 e. The van der Waals surface area contributed by atoms with Gasteiger partial charge >= 0.3 is 0 Å². The third-order valence-electron chi connectivity index (χ3n) is 11.5. The van der Waals surface area contributed by atoms with Crippen molar-refractivity contribution in [3.05, 3.63) is 23.3 Å². The van der Waals surface area contributed by atoms with Crippen molar-refractivity contribution in [2.75, 3.05) is 0 Å². The van der Waals surface area contributed by atoms with Crippen molar-refractivity contribution in [1.82, 2.24) is 0 Å². The maximum Gasteiger partial charge on any atom is 0.138 e. The van der Waals surface area contributed by atoms with Crippen LogP contribution in [0.3, 0.4) is 0 Å². The molecule has 1 heteroatoms. The molecule has 0 amide bonds. The highest BCUT2D eigenvalue weighted by Crippen LogP contribution is 2.73. The van der Waals surface area contributed by atoms with Gasteiger partial charge in [0.2, 0.25) is 0 Å². The number of carbonyl (C=O) groups is 1. The number of allylic oxidation sites excluding steroid dienone is 4. The van der Waals surface area contributed by atoms with Crippen molar-refractivity contribution < 1.29 is 4.79 Å². The molecule has 0 bridgehead atoms. The normalized spacial score (nSPS) is 44.6. The minimum absolute atomic E-state index is 0.158. The van der Waals surface area contributed by atoms with E-state index in [0.29, 0.717) is 33.9 Å². The Kier molecular flexibility index (Phi) is 5.71. The number of hydrogen-bond acceptors (Lipinski definition) is 1. The van der Waals surface area contributed by atoms with Crippen LogP contribution in [0, 0.1) is 45.3 Å². The second-order valence-corrected chi connectivity index (χ2v) is 13.4. The van der Waals surface area contributed by atoms with Crippen LogP contribution in [-0.4, -0.2) is 5.78 Å². The summed E-state index contributed by atoms with van der Waals surface area (Å²) in [5, 5.41) is 0. The molecule has 1 nitrogen and oxygen atoms in total. The second kappa shape index (κ2) is 7.59. The zero-order valence-electron chi connectivity index (χ0n) is 21.7. The Labute approximate surface area is 192 Å². The van der Waals surface area contributed by atoms with Gasteiger partial charge in [-0.2, -0.15) is 0 Å². The van der Waals surface area contributed by atoms with E-state index in [9.17, 15) is 4.79 Å². The Balaban J connectivity index is 1.63. The molecule has 0 N–H and O–H groups in total. The van der Waals surface area contributed by atoms with E-state index in [0.717, 1.165) is 31.1 Å². The van der Waals surface area contributed by atoms with Crippen LogP contribution in [0.25, 0.3) is 0 Å². The molecule has 0 aromatic heterocycles. The molecule has 0 saturated heterocycles. The van der Waals surface area contributed by atoms with E-state index >= 15 is 0 Å². The number of hydrogen-bond donors (Lipinski definition) is 0. The summed E-state index contributed by atoms with van der Waals surface area (Å²) in [6.45, 7) is 19.3. The Bertz CT molecular complexity index is 795. The van der Waals surface area contributed by atoms with Gasteiger partial charge in [-0.1, -0.05) is 64.8 Å². The molecule has 4 aliphatic carbocycles. The molecule has 4 aliphatic rings. The third kappa shape index (κ3) is 3.26. The summed E-state index contributed by atoms with van der Waals surface area (Å²) in [6, 6.07) is 0. The fraction of sp³-hybridized carbons (Fsp3) is 0.833. The van der Waals surface area contributed by atoms with E-state index in [-0.39, 0.29) is 5.41 Å². The maximum absolute atomic E-state index is 12.8. The van der Waals surface area contributed by atoms with Crippen molar-refractivity contribution in [3.63, 3.8) is 0 Å². The molecule has 174 valence electrons. The molecule has 0 aliphatic heterocycles. The van der Waals surface area contributed by atoms with Crippen molar-refractivity contribution in [3.8, 4) is 0 Å². The SMILES string of the molecule is CC(C)=CCC[C@@H](C)[C@@H]1CC[C@]2(C)C3=CC[C@H]4C(C)(C)C(=O)CC[C@]4(C)[C@H]3CC[C@@]12C. The molecular formula is C30H48O. The molecule has 3 fully saturated rings. The highest BCUT2D eigenvalue weighted by Gasteiger charge is 2.65. The van der Waals surface area contributed by atoms with Gasteiger partial charge in [0.15, 0.2) is 0 Å². The molecular weight excluding hydrogens is 376 g/mol. The van der Waals surface area contributed by atoms with E-state index in [2.05, 4.69) is 67.5 Å². The van der Waals surface area contributed by atoms with Crippen molar-refractivity contribution in [2.45, 2.75) is 113 Å². The first-order chi connectivity index (χ1) is 14.4. The number of fused-ring (bicyclic) bond motifs is 5. The van der Waals surface area contributed by atoms with Gasteiger partial charge in [-0.3, -0.25) is 4.79 Å². The molecule has 31 heavy (non-hydrogen) atoms. The first-order valence-electron chi connectivity index (χ1n) is 13.2. The topological polar surface area (TPSA) is 17.1 Å². The van der Waals surface area contributed by atoms with Crippen LogP contribution in [0.1, 0.15) is 113 Å². The Morgan fingerprint density at radius 3 is 2.48 bits per heavy atom. The average molecular weight is 425 g/mol. The van der Waals surface area contributed by atoms with E-state index in [1.807, 2.05) is 5.57 Å². The Morgan fingerprint density at radius 2 is 1.81 bits per heavy atom. The largest absolute Gasteiger partial charge is 0.299 e. The molecule has 4 rings (SSSR count). The fourth-order valence-corrected chi connectivity index (χ4v) is 9.30. The summed E-state index contributed by atoms with van der Waals surface area (Å²) in [4.78, 5) is 12.8. The smallest absolute Gasteiger partial charge is 0.138 e. The zero-order chi connectivity index (χ0) is 22.8. The minimum atomic E-state index is -0.158. The summed E-state index contributed by atoms with van der Waals surface area (Å²) in [5.41, 5.74) is 4.20. The summed E-state index contributed by atoms with van der Waals surface area (Å²) in [7, 11) is 0. The van der Waals surface area contributed by atoms with Gasteiger partial charge in [0.1, 0.15) is 5.78 Å². The van der Waals surface area contributed by atoms with Crippen LogP contribution in [0.5, 0.6) is 0 Å². The van der Waals surface area contributed by atoms with E-state index in [1.165, 1.54) is 44.1 Å². The lowest BCUT2D eigenvalue weighted by Crippen LogP contribution is -2.57. The standard InChI is InChI=1S/C30H48O/c1-20(2)10-9-11-21(3)22-14-18-30(8)24-12-13-25-27(4,5)26(31)16-17-28(25,6)23(24)15-19-29(22,30)7/h10,12,21-23,25H,9,11,13-19H2,1-8H3/t21-,22+,23+,25+,28-,29+,30-/m1/s1. The first-order valence-corrected chi connectivity index (χ1v) is 13.2. The van der Waals surface area contributed by atoms with Crippen molar-refractivity contribution in [2.24, 2.45) is 45.3 Å². The number of rotatable bonds is 4. The average Bonchev–Trinajstić information content (AvgIpc) is 2.96. The van der Waals surface area contributed by atoms with Crippen LogP contribution in [0.2, 0.25) is 0 Å². The molecule has 0 spiro atoms. The summed E-state index contributed by atoms with van der Waals surface area (Å²) < 4.78 is 0. The number of Topliss-reactive ketones (excluding diaryl/α,β-unsaturated/α-hetero) is 1. The summed E-state index contributed by atoms with van der Waals surface area (Å²) in [5.74, 6) is 3.36. The maximum atomic E-state index is 12.8. The molecule has 7 atom stereocenters. The van der Waals surface area contributed by atoms with Crippen LogP contribution in [0.15, 0.2) is 23.3 Å². The number of carbonyl (C=O) groups excluding carboxylic acids is 1. The predicted molar refractivity (Wildman–Crippen MR) is 132 cm³/mol. The highest BCUT2D eigenvalue weighted by molar-refractivity contribution is 5.85. The molecule has 0 aromatic rings. The van der Waals surface area contributed by atoms with E-state index < -0.39 is 0 Å². The van der Waals surface area contributed by atoms with Crippen LogP contribution in [-0.2, 0) is 4.79 Å². The van der Waals surface area contributed by atoms with Gasteiger partial charge in [-0.15, -0.1) is 0 Å². The van der Waals surface area contributed by atoms with Crippen LogP contribution >= 0.6 is 0 Å². The van der Waals surface area contributed by atoms with Gasteiger partial charge in [0.25, 0.3) is 0 Å². The Hall–Kier alpha value is -0.850. The second-order valence-electron chi connectivity index (χ2n) is 13.4. The molecule has 3 saturated carbocycles. The lowest BCUT2D eigenvalue weighted by molar-refractivity contribution is -0.146. The third-order valence-corrected chi connectivity index (χ3v) is 11.5. The monoisotopic (exact) mass is 424 g/mol. The Morgan fingerprint density at radius 1 is 1.10 bits per heavy atom. The first kappa shape index (κ1) is 23.3. The highest BCUT2D eigenvalue weighted by atomic mass is 16.1. The van der Waals surface area contributed by atoms with Gasteiger partial charge in [-0.05, 0) is 105 Å². The van der Waals surface area contributed by atoms with E-state index in [1.54, 1.807) is 0 Å². The molecule has 0 aromatic carbocycles. The number of ketones is 1. The van der Waals surface area contributed by atoms with E-state index in [4.69, 9.17) is 0 Å². The van der Waals surface area contributed by atoms with Gasteiger partial charge < -0.3 is 0 Å². The van der Waals surface area contributed by atoms with Crippen molar-refractivity contribution >= 4 is 5.78 Å². The quantitative estimate of drug-likeness (QED) is 0.413. The molecule has 0 unspecified atom stereocenters. The van der Waals surface area contributed by atoms with Crippen molar-refractivity contribution in [1.29, 1.82) is 0 Å². The van der Waals surface area contributed by atoms with Crippen LogP contribution < -0.4 is 0 Å². The van der Waals surface area contributed by atoms with Gasteiger partial charge in [-0.25, -0.2) is 0 Å². The summed E-state index contributed by atoms with van der Waals surface area (Å²) >= 11 is 0. The fourth-order valence-electron chi connectivity index (χ4n) is 9.30. The zero-order valence-corrected chi connectivity index (χ0v) is 21.7. The van der Waals surface area contributed by atoms with Gasteiger partial charge in [0, 0.05) is 11.8 Å². The lowest BCUT2D eigenvalue weighted by atomic mass is 9.41. The van der Waals surface area contributed by atoms with Gasteiger partial charge in [0.05, 0.1) is 0 Å². The predicted octanol–water partition coefficient (Wildman–Crippen LogP) is 8.54. The lowest BCUT2D eigenvalue weighted by Gasteiger charge is -2.63. The summed E-state index contributed by atoms with van der Waals surface area (Å²) in [6.07, 6.45) is 16.2. The van der Waals surface area contributed by atoms with Crippen LogP contribution in [0.4, 0.5) is 0 Å². The molecule has 0 radical (unpaired) electrons.